The fraction of sp³-hybridized carbons (Fsp3) is 0.222. The number of carbonyl (C=O) groups is 3. The molecule has 0 saturated heterocycles. The number of benzene rings is 3. The molecule has 1 atom stereocenters. The van der Waals surface area contributed by atoms with Crippen LogP contribution in [0.25, 0.3) is 0 Å². The molecule has 3 aromatic carbocycles. The normalized spacial score (nSPS) is 11.4. The van der Waals surface area contributed by atoms with Gasteiger partial charge in [0.25, 0.3) is 5.91 Å². The van der Waals surface area contributed by atoms with Crippen molar-refractivity contribution in [2.75, 3.05) is 18.9 Å². The summed E-state index contributed by atoms with van der Waals surface area (Å²) in [5.41, 5.74) is 2.93. The number of nitrogens with zero attached hydrogens (tertiary/aromatic N) is 1. The van der Waals surface area contributed by atoms with Gasteiger partial charge in [-0.1, -0.05) is 55.5 Å². The first-order valence-corrected chi connectivity index (χ1v) is 10.9. The molecule has 33 heavy (non-hydrogen) atoms. The molecule has 0 bridgehead atoms. The third kappa shape index (κ3) is 6.29. The molecule has 2 amide bonds. The highest BCUT2D eigenvalue weighted by Crippen LogP contribution is 2.18. The Morgan fingerprint density at radius 3 is 2.15 bits per heavy atom. The predicted octanol–water partition coefficient (Wildman–Crippen LogP) is 4.34. The van der Waals surface area contributed by atoms with Crippen molar-refractivity contribution in [1.82, 2.24) is 4.90 Å². The van der Waals surface area contributed by atoms with E-state index in [1.165, 1.54) is 4.90 Å². The number of hydrogen-bond acceptors (Lipinski definition) is 4. The van der Waals surface area contributed by atoms with Gasteiger partial charge in [0.15, 0.2) is 11.9 Å². The molecule has 170 valence electrons. The van der Waals surface area contributed by atoms with E-state index in [4.69, 9.17) is 4.74 Å². The second kappa shape index (κ2) is 11.1. The predicted molar refractivity (Wildman–Crippen MR) is 128 cm³/mol. The van der Waals surface area contributed by atoms with Gasteiger partial charge in [-0.25, -0.2) is 0 Å². The lowest BCUT2D eigenvalue weighted by atomic mass is 10.0. The Morgan fingerprint density at radius 2 is 1.48 bits per heavy atom. The lowest BCUT2D eigenvalue weighted by molar-refractivity contribution is -0.139. The standard InChI is InChI=1S/C27H28N2O4/c1-4-20-10-8-9-13-24(20)28-25(30)18-29(3)27(32)19(2)33-23-16-14-22(15-17-23)26(31)21-11-6-5-7-12-21/h5-17,19H,4,18H2,1-3H3,(H,28,30). The van der Waals surface area contributed by atoms with E-state index >= 15 is 0 Å². The van der Waals surface area contributed by atoms with Crippen molar-refractivity contribution in [3.05, 3.63) is 95.6 Å². The summed E-state index contributed by atoms with van der Waals surface area (Å²) in [5.74, 6) is -0.210. The Balaban J connectivity index is 1.55. The van der Waals surface area contributed by atoms with Gasteiger partial charge >= 0.3 is 0 Å². The highest BCUT2D eigenvalue weighted by Gasteiger charge is 2.21. The van der Waals surface area contributed by atoms with Gasteiger partial charge in [-0.3, -0.25) is 14.4 Å². The Hall–Kier alpha value is -3.93. The first kappa shape index (κ1) is 23.7. The monoisotopic (exact) mass is 444 g/mol. The molecule has 0 spiro atoms. The number of para-hydroxylation sites is 1. The summed E-state index contributed by atoms with van der Waals surface area (Å²) in [6.45, 7) is 3.56. The van der Waals surface area contributed by atoms with Crippen LogP contribution in [-0.2, 0) is 16.0 Å². The van der Waals surface area contributed by atoms with E-state index in [1.54, 1.807) is 50.4 Å². The Kier molecular flexibility index (Phi) is 7.97. The third-order valence-electron chi connectivity index (χ3n) is 5.24. The van der Waals surface area contributed by atoms with Gasteiger partial charge in [0.2, 0.25) is 5.91 Å². The zero-order valence-electron chi connectivity index (χ0n) is 19.1. The van der Waals surface area contributed by atoms with Crippen LogP contribution in [0.4, 0.5) is 5.69 Å². The van der Waals surface area contributed by atoms with Crippen molar-refractivity contribution >= 4 is 23.3 Å². The Labute approximate surface area is 194 Å². The molecule has 0 aromatic heterocycles. The fourth-order valence-electron chi connectivity index (χ4n) is 3.44. The van der Waals surface area contributed by atoms with Gasteiger partial charge in [-0.2, -0.15) is 0 Å². The number of hydrogen-bond donors (Lipinski definition) is 1. The van der Waals surface area contributed by atoms with Crippen LogP contribution < -0.4 is 10.1 Å². The van der Waals surface area contributed by atoms with Crippen LogP contribution in [0.5, 0.6) is 5.75 Å². The molecular formula is C27H28N2O4. The SMILES string of the molecule is CCc1ccccc1NC(=O)CN(C)C(=O)C(C)Oc1ccc(C(=O)c2ccccc2)cc1. The van der Waals surface area contributed by atoms with Crippen molar-refractivity contribution in [3.63, 3.8) is 0 Å². The number of aryl methyl sites for hydroxylation is 1. The third-order valence-corrected chi connectivity index (χ3v) is 5.24. The zero-order chi connectivity index (χ0) is 23.8. The number of likely N-dealkylation sites (N-methyl/N-ethyl adjacent to an activating group) is 1. The summed E-state index contributed by atoms with van der Waals surface area (Å²) in [5, 5.41) is 2.86. The van der Waals surface area contributed by atoms with Gasteiger partial charge in [0.05, 0.1) is 6.54 Å². The largest absolute Gasteiger partial charge is 0.481 e. The molecular weight excluding hydrogens is 416 g/mol. The average Bonchev–Trinajstić information content (AvgIpc) is 2.84. The maximum Gasteiger partial charge on any atom is 0.263 e. The van der Waals surface area contributed by atoms with Gasteiger partial charge < -0.3 is 15.0 Å². The van der Waals surface area contributed by atoms with E-state index in [9.17, 15) is 14.4 Å². The summed E-state index contributed by atoms with van der Waals surface area (Å²) >= 11 is 0. The number of rotatable bonds is 9. The van der Waals surface area contributed by atoms with Crippen molar-refractivity contribution in [2.45, 2.75) is 26.4 Å². The maximum atomic E-state index is 12.7. The lowest BCUT2D eigenvalue weighted by Crippen LogP contribution is -2.42. The zero-order valence-corrected chi connectivity index (χ0v) is 19.1. The van der Waals surface area contributed by atoms with Crippen molar-refractivity contribution in [3.8, 4) is 5.75 Å². The second-order valence-electron chi connectivity index (χ2n) is 7.73. The summed E-state index contributed by atoms with van der Waals surface area (Å²) in [6.07, 6.45) is 0.00709. The molecule has 3 rings (SSSR count). The minimum Gasteiger partial charge on any atom is -0.481 e. The Morgan fingerprint density at radius 1 is 0.879 bits per heavy atom. The molecule has 0 aliphatic carbocycles. The first-order valence-electron chi connectivity index (χ1n) is 10.9. The number of amides is 2. The van der Waals surface area contributed by atoms with Crippen LogP contribution in [0.15, 0.2) is 78.9 Å². The lowest BCUT2D eigenvalue weighted by Gasteiger charge is -2.22. The van der Waals surface area contributed by atoms with E-state index in [0.717, 1.165) is 17.7 Å². The maximum absolute atomic E-state index is 12.7. The summed E-state index contributed by atoms with van der Waals surface area (Å²) in [6, 6.07) is 23.3. The Bertz CT molecular complexity index is 1110. The van der Waals surface area contributed by atoms with Crippen LogP contribution in [0.1, 0.15) is 35.3 Å². The van der Waals surface area contributed by atoms with E-state index in [2.05, 4.69) is 5.32 Å². The van der Waals surface area contributed by atoms with Gasteiger partial charge in [-0.05, 0) is 49.2 Å². The smallest absolute Gasteiger partial charge is 0.263 e. The van der Waals surface area contributed by atoms with E-state index in [0.29, 0.717) is 16.9 Å². The average molecular weight is 445 g/mol. The van der Waals surface area contributed by atoms with Crippen molar-refractivity contribution in [2.24, 2.45) is 0 Å². The first-order chi connectivity index (χ1) is 15.9. The summed E-state index contributed by atoms with van der Waals surface area (Å²) in [4.78, 5) is 38.9. The van der Waals surface area contributed by atoms with Crippen LogP contribution in [0, 0.1) is 0 Å². The van der Waals surface area contributed by atoms with E-state index in [-0.39, 0.29) is 24.1 Å². The minimum absolute atomic E-state index is 0.0818. The number of ether oxygens (including phenoxy) is 1. The van der Waals surface area contributed by atoms with Gasteiger partial charge in [0.1, 0.15) is 5.75 Å². The summed E-state index contributed by atoms with van der Waals surface area (Å²) < 4.78 is 5.74. The molecule has 0 saturated carbocycles. The minimum atomic E-state index is -0.790. The van der Waals surface area contributed by atoms with Gasteiger partial charge in [0, 0.05) is 23.9 Å². The molecule has 1 unspecified atom stereocenters. The molecule has 0 radical (unpaired) electrons. The molecule has 0 heterocycles. The highest BCUT2D eigenvalue weighted by atomic mass is 16.5. The van der Waals surface area contributed by atoms with Gasteiger partial charge in [-0.15, -0.1) is 0 Å². The molecule has 0 fully saturated rings. The van der Waals surface area contributed by atoms with E-state index < -0.39 is 6.10 Å². The quantitative estimate of drug-likeness (QED) is 0.498. The molecule has 6 heteroatoms. The molecule has 0 aliphatic heterocycles. The molecule has 0 aliphatic rings. The topological polar surface area (TPSA) is 75.7 Å². The van der Waals surface area contributed by atoms with Crippen LogP contribution in [0.2, 0.25) is 0 Å². The molecule has 6 nitrogen and oxygen atoms in total. The highest BCUT2D eigenvalue weighted by molar-refractivity contribution is 6.09. The van der Waals surface area contributed by atoms with E-state index in [1.807, 2.05) is 49.4 Å². The van der Waals surface area contributed by atoms with Crippen LogP contribution in [0.3, 0.4) is 0 Å². The summed E-state index contributed by atoms with van der Waals surface area (Å²) in [7, 11) is 1.56. The number of ketones is 1. The molecule has 1 N–H and O–H groups in total. The van der Waals surface area contributed by atoms with Crippen LogP contribution >= 0.6 is 0 Å². The van der Waals surface area contributed by atoms with Crippen molar-refractivity contribution < 1.29 is 19.1 Å². The number of anilines is 1. The molecule has 3 aromatic rings. The number of carbonyl (C=O) groups excluding carboxylic acids is 3. The van der Waals surface area contributed by atoms with Crippen molar-refractivity contribution in [1.29, 1.82) is 0 Å². The van der Waals surface area contributed by atoms with Crippen LogP contribution in [-0.4, -0.2) is 42.2 Å². The second-order valence-corrected chi connectivity index (χ2v) is 7.73. The number of nitrogens with one attached hydrogen (secondary N) is 1. The fourth-order valence-corrected chi connectivity index (χ4v) is 3.44.